The number of carbonyl (C=O) groups excluding carboxylic acids is 1. The Hall–Kier alpha value is -2.88. The van der Waals surface area contributed by atoms with Gasteiger partial charge in [0.1, 0.15) is 6.61 Å². The Morgan fingerprint density at radius 1 is 0.939 bits per heavy atom. The number of hydroxylamine groups is 2. The van der Waals surface area contributed by atoms with Crippen molar-refractivity contribution in [2.75, 3.05) is 6.54 Å². The number of halogens is 7. The van der Waals surface area contributed by atoms with Crippen molar-refractivity contribution in [3.05, 3.63) is 77.4 Å². The highest BCUT2D eigenvalue weighted by Crippen LogP contribution is 2.54. The molecular weight excluding hydrogens is 455 g/mol. The van der Waals surface area contributed by atoms with E-state index in [0.29, 0.717) is 11.1 Å². The van der Waals surface area contributed by atoms with Crippen molar-refractivity contribution >= 4 is 12.0 Å². The van der Waals surface area contributed by atoms with Crippen molar-refractivity contribution in [3.8, 4) is 0 Å². The third kappa shape index (κ3) is 4.90. The third-order valence-electron chi connectivity index (χ3n) is 5.48. The first-order chi connectivity index (χ1) is 15.3. The lowest BCUT2D eigenvalue weighted by molar-refractivity contribution is -0.358. The van der Waals surface area contributed by atoms with Gasteiger partial charge in [-0.2, -0.15) is 30.7 Å². The number of amides is 1. The summed E-state index contributed by atoms with van der Waals surface area (Å²) in [6.45, 7) is 0.428. The van der Waals surface area contributed by atoms with E-state index in [1.54, 1.807) is 60.7 Å². The second kappa shape index (κ2) is 8.81. The molecule has 0 aliphatic carbocycles. The molecule has 3 nitrogen and oxygen atoms in total. The minimum Gasteiger partial charge on any atom is -0.272 e. The first-order valence-corrected chi connectivity index (χ1v) is 9.85. The van der Waals surface area contributed by atoms with Crippen molar-refractivity contribution in [2.45, 2.75) is 38.0 Å². The lowest BCUT2D eigenvalue weighted by Crippen LogP contribution is -2.54. The molecule has 0 saturated carbocycles. The molecule has 2 aromatic rings. The minimum absolute atomic E-state index is 0.0654. The molecule has 0 aromatic heterocycles. The lowest BCUT2D eigenvalue weighted by Gasteiger charge is -2.34. The van der Waals surface area contributed by atoms with Gasteiger partial charge in [0.25, 0.3) is 5.91 Å². The number of alkyl halides is 7. The van der Waals surface area contributed by atoms with Crippen molar-refractivity contribution in [2.24, 2.45) is 5.41 Å². The van der Waals surface area contributed by atoms with Crippen LogP contribution in [-0.2, 0) is 16.2 Å². The quantitative estimate of drug-likeness (QED) is 0.442. The zero-order chi connectivity index (χ0) is 24.5. The van der Waals surface area contributed by atoms with Crippen LogP contribution in [0.5, 0.6) is 0 Å². The van der Waals surface area contributed by atoms with Crippen molar-refractivity contribution in [1.82, 2.24) is 5.06 Å². The summed E-state index contributed by atoms with van der Waals surface area (Å²) in [6, 6.07) is 16.6. The summed E-state index contributed by atoms with van der Waals surface area (Å²) >= 11 is 0. The van der Waals surface area contributed by atoms with Crippen LogP contribution in [0, 0.1) is 5.41 Å². The summed E-state index contributed by atoms with van der Waals surface area (Å²) in [4.78, 5) is 18.4. The van der Waals surface area contributed by atoms with Gasteiger partial charge in [0.05, 0.1) is 12.0 Å². The van der Waals surface area contributed by atoms with Gasteiger partial charge >= 0.3 is 18.0 Å². The normalized spacial score (nSPS) is 21.2. The van der Waals surface area contributed by atoms with E-state index in [1.165, 1.54) is 6.08 Å². The summed E-state index contributed by atoms with van der Waals surface area (Å²) in [5, 5.41) is 0.726. The van der Waals surface area contributed by atoms with E-state index in [2.05, 4.69) is 0 Å². The van der Waals surface area contributed by atoms with Gasteiger partial charge in [-0.15, -0.1) is 0 Å². The van der Waals surface area contributed by atoms with Crippen LogP contribution in [0.2, 0.25) is 0 Å². The molecule has 33 heavy (non-hydrogen) atoms. The van der Waals surface area contributed by atoms with Gasteiger partial charge in [0.2, 0.25) is 0 Å². The number of nitrogens with zero attached hydrogens (tertiary/aromatic N) is 1. The maximum atomic E-state index is 14.3. The standard InChI is InChI=1S/C23H20F7NO2/c1-20(15-21(24,25)22(26,27)23(28,29)30)18(12-16-8-4-2-5-9-16)13-31(19(20)32)33-14-17-10-6-3-7-11-17/h2-12H,13-15H2,1H3/b18-12+/t20-/m0/s1. The molecule has 0 spiro atoms. The first kappa shape index (κ1) is 24.8. The molecular formula is C23H20F7NO2. The van der Waals surface area contributed by atoms with Crippen LogP contribution in [0.4, 0.5) is 30.7 Å². The number of carbonyl (C=O) groups is 1. The molecule has 0 radical (unpaired) electrons. The second-order valence-corrected chi connectivity index (χ2v) is 7.97. The topological polar surface area (TPSA) is 29.5 Å². The molecule has 0 unspecified atom stereocenters. The molecule has 0 bridgehead atoms. The Morgan fingerprint density at radius 2 is 1.48 bits per heavy atom. The Balaban J connectivity index is 1.95. The van der Waals surface area contributed by atoms with E-state index in [4.69, 9.17) is 4.84 Å². The molecule has 1 aliphatic heterocycles. The molecule has 2 aromatic carbocycles. The molecule has 10 heteroatoms. The van der Waals surface area contributed by atoms with Crippen LogP contribution < -0.4 is 0 Å². The fourth-order valence-electron chi connectivity index (χ4n) is 3.55. The smallest absolute Gasteiger partial charge is 0.272 e. The molecule has 1 aliphatic rings. The van der Waals surface area contributed by atoms with Gasteiger partial charge in [0.15, 0.2) is 0 Å². The highest BCUT2D eigenvalue weighted by Gasteiger charge is 2.74. The molecule has 1 fully saturated rings. The Labute approximate surface area is 185 Å². The minimum atomic E-state index is -6.48. The Morgan fingerprint density at radius 3 is 2.03 bits per heavy atom. The van der Waals surface area contributed by atoms with E-state index in [-0.39, 0.29) is 18.7 Å². The number of rotatable bonds is 7. The van der Waals surface area contributed by atoms with Crippen molar-refractivity contribution < 1.29 is 40.4 Å². The summed E-state index contributed by atoms with van der Waals surface area (Å²) < 4.78 is 94.0. The Kier molecular flexibility index (Phi) is 6.61. The molecule has 1 heterocycles. The predicted molar refractivity (Wildman–Crippen MR) is 106 cm³/mol. The van der Waals surface area contributed by atoms with Gasteiger partial charge in [-0.3, -0.25) is 9.63 Å². The molecule has 0 N–H and O–H groups in total. The molecule has 1 amide bonds. The average Bonchev–Trinajstić information content (AvgIpc) is 2.96. The number of hydrogen-bond donors (Lipinski definition) is 0. The lowest BCUT2D eigenvalue weighted by atomic mass is 9.77. The molecule has 3 rings (SSSR count). The Bertz CT molecular complexity index is 1010. The number of hydrogen-bond acceptors (Lipinski definition) is 2. The molecule has 1 atom stereocenters. The van der Waals surface area contributed by atoms with Gasteiger partial charge < -0.3 is 0 Å². The molecule has 178 valence electrons. The van der Waals surface area contributed by atoms with E-state index in [1.807, 2.05) is 0 Å². The van der Waals surface area contributed by atoms with Crippen LogP contribution in [0.25, 0.3) is 6.08 Å². The monoisotopic (exact) mass is 475 g/mol. The fourth-order valence-corrected chi connectivity index (χ4v) is 3.55. The zero-order valence-corrected chi connectivity index (χ0v) is 17.4. The highest BCUT2D eigenvalue weighted by molar-refractivity contribution is 5.90. The van der Waals surface area contributed by atoms with Gasteiger partial charge in [0, 0.05) is 6.42 Å². The van der Waals surface area contributed by atoms with Gasteiger partial charge in [-0.05, 0) is 23.6 Å². The maximum Gasteiger partial charge on any atom is 0.459 e. The van der Waals surface area contributed by atoms with E-state index >= 15 is 0 Å². The fraction of sp³-hybridized carbons (Fsp3) is 0.348. The zero-order valence-electron chi connectivity index (χ0n) is 17.4. The third-order valence-corrected chi connectivity index (χ3v) is 5.48. The van der Waals surface area contributed by atoms with Crippen molar-refractivity contribution in [3.63, 3.8) is 0 Å². The van der Waals surface area contributed by atoms with Crippen LogP contribution in [0.1, 0.15) is 24.5 Å². The van der Waals surface area contributed by atoms with Gasteiger partial charge in [-0.25, -0.2) is 5.06 Å². The van der Waals surface area contributed by atoms with Crippen LogP contribution in [-0.4, -0.2) is 35.5 Å². The summed E-state index contributed by atoms with van der Waals surface area (Å²) in [5.41, 5.74) is -1.32. The van der Waals surface area contributed by atoms with Crippen LogP contribution >= 0.6 is 0 Å². The summed E-state index contributed by atoms with van der Waals surface area (Å²) in [5.74, 6) is -13.0. The maximum absolute atomic E-state index is 14.3. The number of benzene rings is 2. The molecule has 1 saturated heterocycles. The largest absolute Gasteiger partial charge is 0.459 e. The van der Waals surface area contributed by atoms with E-state index < -0.39 is 35.8 Å². The predicted octanol–water partition coefficient (Wildman–Crippen LogP) is 6.27. The van der Waals surface area contributed by atoms with E-state index in [9.17, 15) is 35.5 Å². The second-order valence-electron chi connectivity index (χ2n) is 7.97. The SMILES string of the molecule is C[C@@]1(CC(F)(F)C(F)(F)C(F)(F)F)C(=O)N(OCc2ccccc2)C/C1=C\c1ccccc1. The van der Waals surface area contributed by atoms with Gasteiger partial charge in [-0.1, -0.05) is 66.7 Å². The first-order valence-electron chi connectivity index (χ1n) is 9.85. The van der Waals surface area contributed by atoms with E-state index in [0.717, 1.165) is 12.0 Å². The summed E-state index contributed by atoms with van der Waals surface area (Å²) in [7, 11) is 0. The van der Waals surface area contributed by atoms with Crippen molar-refractivity contribution in [1.29, 1.82) is 0 Å². The summed E-state index contributed by atoms with van der Waals surface area (Å²) in [6.07, 6.45) is -7.21. The van der Waals surface area contributed by atoms with Crippen LogP contribution in [0.15, 0.2) is 66.2 Å². The highest BCUT2D eigenvalue weighted by atomic mass is 19.4. The van der Waals surface area contributed by atoms with Crippen LogP contribution in [0.3, 0.4) is 0 Å². The average molecular weight is 475 g/mol.